The minimum Gasteiger partial charge on any atom is -0.315 e. The summed E-state index contributed by atoms with van der Waals surface area (Å²) in [6, 6.07) is 3.23. The normalized spacial score (nSPS) is 34.4. The van der Waals surface area contributed by atoms with E-state index in [4.69, 9.17) is 0 Å². The third kappa shape index (κ3) is 4.54. The molecule has 1 aromatic rings. The molecular weight excluding hydrogens is 464 g/mol. The van der Waals surface area contributed by atoms with Gasteiger partial charge in [-0.1, -0.05) is 27.2 Å². The Kier molecular flexibility index (Phi) is 6.72. The molecule has 0 spiro atoms. The predicted octanol–water partition coefficient (Wildman–Crippen LogP) is 5.54. The van der Waals surface area contributed by atoms with Crippen molar-refractivity contribution in [2.45, 2.75) is 84.6 Å². The molecule has 1 amide bonds. The molecule has 1 unspecified atom stereocenters. The van der Waals surface area contributed by atoms with Crippen LogP contribution in [0.5, 0.6) is 0 Å². The van der Waals surface area contributed by atoms with Gasteiger partial charge in [0, 0.05) is 37.1 Å². The van der Waals surface area contributed by atoms with Crippen molar-refractivity contribution in [2.75, 3.05) is 38.0 Å². The summed E-state index contributed by atoms with van der Waals surface area (Å²) in [5, 5.41) is 13.8. The zero-order chi connectivity index (χ0) is 25.0. The van der Waals surface area contributed by atoms with E-state index >= 15 is 0 Å². The van der Waals surface area contributed by atoms with Crippen LogP contribution in [0.2, 0.25) is 0 Å². The summed E-state index contributed by atoms with van der Waals surface area (Å²) < 4.78 is 0. The molecular formula is C30H44N4OS. The Balaban J connectivity index is 1.04. The fraction of sp³-hybridized carbons (Fsp3) is 0.800. The van der Waals surface area contributed by atoms with Crippen LogP contribution in [0.15, 0.2) is 0 Å². The fourth-order valence-corrected chi connectivity index (χ4v) is 10.1. The summed E-state index contributed by atoms with van der Waals surface area (Å²) in [5.41, 5.74) is 2.24. The number of carbonyl (C=O) groups is 1. The molecule has 2 heterocycles. The predicted molar refractivity (Wildman–Crippen MR) is 146 cm³/mol. The van der Waals surface area contributed by atoms with Crippen molar-refractivity contribution < 1.29 is 4.79 Å². The van der Waals surface area contributed by atoms with Gasteiger partial charge in [0.05, 0.1) is 12.1 Å². The third-order valence-electron chi connectivity index (χ3n) is 11.0. The van der Waals surface area contributed by atoms with Gasteiger partial charge in [-0.3, -0.25) is 14.6 Å². The fourth-order valence-electron chi connectivity index (χ4n) is 8.83. The number of nitrogens with zero attached hydrogens (tertiary/aromatic N) is 3. The number of nitrogens with one attached hydrogen (secondary N) is 1. The maximum Gasteiger partial charge on any atom is 0.239 e. The van der Waals surface area contributed by atoms with Crippen LogP contribution in [0.4, 0.5) is 5.00 Å². The molecule has 4 saturated carbocycles. The second-order valence-electron chi connectivity index (χ2n) is 13.4. The van der Waals surface area contributed by atoms with Gasteiger partial charge >= 0.3 is 0 Å². The molecule has 36 heavy (non-hydrogen) atoms. The molecule has 1 aromatic heterocycles. The lowest BCUT2D eigenvalue weighted by Crippen LogP contribution is -2.60. The van der Waals surface area contributed by atoms with Crippen molar-refractivity contribution in [1.82, 2.24) is 9.80 Å². The first-order chi connectivity index (χ1) is 17.3. The Bertz CT molecular complexity index is 1000. The number of piperazine rings is 1. The van der Waals surface area contributed by atoms with Crippen LogP contribution in [-0.2, 0) is 17.6 Å². The van der Waals surface area contributed by atoms with Gasteiger partial charge in [-0.05, 0) is 91.9 Å². The van der Waals surface area contributed by atoms with E-state index in [1.165, 1.54) is 49.0 Å². The monoisotopic (exact) mass is 508 g/mol. The Morgan fingerprint density at radius 3 is 2.36 bits per heavy atom. The molecule has 196 valence electrons. The van der Waals surface area contributed by atoms with Gasteiger partial charge in [0.2, 0.25) is 5.91 Å². The average molecular weight is 509 g/mol. The minimum absolute atomic E-state index is 0.0404. The minimum atomic E-state index is 0.0404. The molecule has 1 aliphatic heterocycles. The molecule has 1 saturated heterocycles. The topological polar surface area (TPSA) is 59.4 Å². The zero-order valence-electron chi connectivity index (χ0n) is 22.5. The molecule has 5 fully saturated rings. The molecule has 0 radical (unpaired) electrons. The van der Waals surface area contributed by atoms with Crippen LogP contribution >= 0.6 is 11.3 Å². The molecule has 4 bridgehead atoms. The number of anilines is 1. The highest BCUT2D eigenvalue weighted by molar-refractivity contribution is 7.16. The first-order valence-electron chi connectivity index (χ1n) is 14.7. The zero-order valence-corrected chi connectivity index (χ0v) is 23.3. The van der Waals surface area contributed by atoms with Crippen LogP contribution in [0.25, 0.3) is 0 Å². The van der Waals surface area contributed by atoms with Crippen molar-refractivity contribution in [2.24, 2.45) is 35.0 Å². The van der Waals surface area contributed by atoms with Crippen LogP contribution in [0.1, 0.15) is 81.7 Å². The van der Waals surface area contributed by atoms with Crippen LogP contribution in [0, 0.1) is 46.3 Å². The first-order valence-corrected chi connectivity index (χ1v) is 15.5. The van der Waals surface area contributed by atoms with E-state index in [1.807, 2.05) is 0 Å². The maximum absolute atomic E-state index is 13.0. The molecule has 7 rings (SSSR count). The largest absolute Gasteiger partial charge is 0.315 e. The Hall–Kier alpha value is -1.42. The lowest BCUT2D eigenvalue weighted by atomic mass is 9.54. The number of rotatable bonds is 6. The van der Waals surface area contributed by atoms with E-state index < -0.39 is 0 Å². The summed E-state index contributed by atoms with van der Waals surface area (Å²) >= 11 is 1.66. The van der Waals surface area contributed by atoms with Gasteiger partial charge in [-0.25, -0.2) is 0 Å². The Morgan fingerprint density at radius 1 is 1.08 bits per heavy atom. The number of fused-ring (bicyclic) bond motifs is 1. The van der Waals surface area contributed by atoms with E-state index in [1.54, 1.807) is 11.3 Å². The first kappa shape index (κ1) is 24.9. The molecule has 6 heteroatoms. The molecule has 1 atom stereocenters. The van der Waals surface area contributed by atoms with Gasteiger partial charge in [0.25, 0.3) is 0 Å². The van der Waals surface area contributed by atoms with Crippen LogP contribution in [-0.4, -0.2) is 54.5 Å². The SMILES string of the molecule is CCC(C)(C)C1CCc2c(sc(NC(=O)CN3CCN(C4C5CC6CC(C5)CC4C6)CC3)c2C#N)C1. The summed E-state index contributed by atoms with van der Waals surface area (Å²) in [4.78, 5) is 19.5. The number of amides is 1. The smallest absolute Gasteiger partial charge is 0.239 e. The van der Waals surface area contributed by atoms with Gasteiger partial charge in [0.1, 0.15) is 11.1 Å². The Labute approximate surface area is 221 Å². The second kappa shape index (κ2) is 9.71. The molecule has 0 aromatic carbocycles. The standard InChI is InChI=1S/C30H44N4OS/c1-4-30(2,3)23-5-6-24-25(17-31)29(36-26(24)16-23)32-27(35)18-33-7-9-34(10-8-33)28-21-12-19-11-20(14-21)15-22(28)13-19/h19-23,28H,4-16,18H2,1-3H3,(H,32,35). The maximum atomic E-state index is 13.0. The van der Waals surface area contributed by atoms with Crippen molar-refractivity contribution in [3.8, 4) is 6.07 Å². The lowest BCUT2D eigenvalue weighted by Gasteiger charge is -2.58. The summed E-state index contributed by atoms with van der Waals surface area (Å²) in [6.07, 6.45) is 11.7. The van der Waals surface area contributed by atoms with Gasteiger partial charge in [0.15, 0.2) is 0 Å². The molecule has 1 N–H and O–H groups in total. The average Bonchev–Trinajstić information content (AvgIpc) is 3.20. The third-order valence-corrected chi connectivity index (χ3v) is 12.2. The van der Waals surface area contributed by atoms with Gasteiger partial charge in [-0.2, -0.15) is 5.26 Å². The number of nitriles is 1. The highest BCUT2D eigenvalue weighted by Gasteiger charge is 2.50. The van der Waals surface area contributed by atoms with E-state index in [0.717, 1.165) is 85.7 Å². The van der Waals surface area contributed by atoms with Crippen LogP contribution < -0.4 is 5.32 Å². The second-order valence-corrected chi connectivity index (χ2v) is 14.5. The van der Waals surface area contributed by atoms with Crippen molar-refractivity contribution in [1.29, 1.82) is 5.26 Å². The number of thiophene rings is 1. The summed E-state index contributed by atoms with van der Waals surface area (Å²) in [6.45, 7) is 11.6. The van der Waals surface area contributed by atoms with Crippen molar-refractivity contribution in [3.63, 3.8) is 0 Å². The van der Waals surface area contributed by atoms with Crippen molar-refractivity contribution >= 4 is 22.2 Å². The van der Waals surface area contributed by atoms with Crippen molar-refractivity contribution in [3.05, 3.63) is 16.0 Å². The molecule has 5 aliphatic carbocycles. The van der Waals surface area contributed by atoms with Gasteiger partial charge < -0.3 is 5.32 Å². The number of hydrogen-bond donors (Lipinski definition) is 1. The number of carbonyl (C=O) groups excluding carboxylic acids is 1. The summed E-state index contributed by atoms with van der Waals surface area (Å²) in [7, 11) is 0. The highest BCUT2D eigenvalue weighted by atomic mass is 32.1. The Morgan fingerprint density at radius 2 is 1.75 bits per heavy atom. The molecule has 6 aliphatic rings. The molecule has 5 nitrogen and oxygen atoms in total. The summed E-state index contributed by atoms with van der Waals surface area (Å²) in [5.74, 6) is 4.62. The van der Waals surface area contributed by atoms with E-state index in [0.29, 0.717) is 17.9 Å². The van der Waals surface area contributed by atoms with E-state index in [9.17, 15) is 10.1 Å². The van der Waals surface area contributed by atoms with Crippen LogP contribution in [0.3, 0.4) is 0 Å². The lowest BCUT2D eigenvalue weighted by molar-refractivity contribution is -0.118. The highest BCUT2D eigenvalue weighted by Crippen LogP contribution is 2.55. The van der Waals surface area contributed by atoms with E-state index in [-0.39, 0.29) is 5.91 Å². The van der Waals surface area contributed by atoms with E-state index in [2.05, 4.69) is 42.0 Å². The quantitative estimate of drug-likeness (QED) is 0.548. The number of hydrogen-bond acceptors (Lipinski definition) is 5. The van der Waals surface area contributed by atoms with Gasteiger partial charge in [-0.15, -0.1) is 11.3 Å².